The third kappa shape index (κ3) is 1.39. The van der Waals surface area contributed by atoms with E-state index in [9.17, 15) is 0 Å². The molecule has 0 aliphatic heterocycles. The van der Waals surface area contributed by atoms with Gasteiger partial charge >= 0.3 is 0 Å². The summed E-state index contributed by atoms with van der Waals surface area (Å²) in [6, 6.07) is 6.38. The molecule has 1 aromatic heterocycles. The first-order valence-corrected chi connectivity index (χ1v) is 5.65. The Kier molecular flexibility index (Phi) is 2.15. The Morgan fingerprint density at radius 3 is 3.08 bits per heavy atom. The van der Waals surface area contributed by atoms with Gasteiger partial charge < -0.3 is 0 Å². The molecule has 1 nitrogen and oxygen atoms in total. The monoisotopic (exact) mass is 241 g/mol. The zero-order valence-electron chi connectivity index (χ0n) is 6.67. The molecular formula is C9H8BrNS. The van der Waals surface area contributed by atoms with Crippen LogP contribution in [0.15, 0.2) is 18.2 Å². The lowest BCUT2D eigenvalue weighted by Gasteiger charge is -1.92. The lowest BCUT2D eigenvalue weighted by Crippen LogP contribution is -1.74. The van der Waals surface area contributed by atoms with Gasteiger partial charge in [-0.3, -0.25) is 0 Å². The summed E-state index contributed by atoms with van der Waals surface area (Å²) in [5, 5.41) is 2.05. The van der Waals surface area contributed by atoms with E-state index in [4.69, 9.17) is 0 Å². The fourth-order valence-corrected chi connectivity index (χ4v) is 2.41. The van der Waals surface area contributed by atoms with Crippen LogP contribution in [-0.4, -0.2) is 4.98 Å². The number of rotatable bonds is 1. The lowest BCUT2D eigenvalue weighted by molar-refractivity contribution is 1.34. The Morgan fingerprint density at radius 2 is 2.33 bits per heavy atom. The van der Waals surface area contributed by atoms with Crippen molar-refractivity contribution in [3.8, 4) is 0 Å². The second kappa shape index (κ2) is 3.15. The number of nitrogens with zero attached hydrogens (tertiary/aromatic N) is 1. The van der Waals surface area contributed by atoms with Crippen molar-refractivity contribution < 1.29 is 0 Å². The summed E-state index contributed by atoms with van der Waals surface area (Å²) in [6.45, 7) is 2.04. The van der Waals surface area contributed by atoms with Crippen LogP contribution < -0.4 is 0 Å². The van der Waals surface area contributed by atoms with E-state index in [0.717, 1.165) is 15.9 Å². The lowest BCUT2D eigenvalue weighted by atomic mass is 10.2. The van der Waals surface area contributed by atoms with Gasteiger partial charge in [-0.05, 0) is 24.6 Å². The number of hydrogen-bond donors (Lipinski definition) is 0. The summed E-state index contributed by atoms with van der Waals surface area (Å²) < 4.78 is 1.28. The van der Waals surface area contributed by atoms with Crippen LogP contribution in [0, 0.1) is 6.92 Å². The molecule has 0 bridgehead atoms. The first kappa shape index (κ1) is 8.20. The molecule has 0 radical (unpaired) electrons. The minimum atomic E-state index is 0.917. The topological polar surface area (TPSA) is 12.9 Å². The summed E-state index contributed by atoms with van der Waals surface area (Å²) >= 11 is 5.18. The molecule has 0 saturated carbocycles. The van der Waals surface area contributed by atoms with Gasteiger partial charge in [0.2, 0.25) is 0 Å². The standard InChI is InChI=1S/C9H8BrNS/c1-6-11-8-3-2-7(5-10)4-9(8)12-6/h2-4H,5H2,1H3. The molecule has 1 aromatic carbocycles. The molecule has 12 heavy (non-hydrogen) atoms. The molecule has 0 saturated heterocycles. The number of fused-ring (bicyclic) bond motifs is 1. The van der Waals surface area contributed by atoms with Crippen molar-refractivity contribution in [2.75, 3.05) is 0 Å². The van der Waals surface area contributed by atoms with E-state index in [1.165, 1.54) is 10.3 Å². The molecule has 0 aliphatic carbocycles. The van der Waals surface area contributed by atoms with E-state index < -0.39 is 0 Å². The van der Waals surface area contributed by atoms with Crippen molar-refractivity contribution >= 4 is 37.5 Å². The number of aromatic nitrogens is 1. The highest BCUT2D eigenvalue weighted by Gasteiger charge is 1.99. The molecule has 2 rings (SSSR count). The number of halogens is 1. The maximum Gasteiger partial charge on any atom is 0.0907 e. The fourth-order valence-electron chi connectivity index (χ4n) is 1.17. The SMILES string of the molecule is Cc1nc2ccc(CBr)cc2s1. The van der Waals surface area contributed by atoms with Crippen LogP contribution in [0.1, 0.15) is 10.6 Å². The maximum absolute atomic E-state index is 4.39. The Bertz CT molecular complexity index is 408. The van der Waals surface area contributed by atoms with Gasteiger partial charge in [0, 0.05) is 5.33 Å². The first-order chi connectivity index (χ1) is 5.79. The second-order valence-corrected chi connectivity index (χ2v) is 4.46. The second-order valence-electron chi connectivity index (χ2n) is 2.67. The van der Waals surface area contributed by atoms with Crippen LogP contribution >= 0.6 is 27.3 Å². The average Bonchev–Trinajstić information content (AvgIpc) is 2.43. The molecular weight excluding hydrogens is 234 g/mol. The quantitative estimate of drug-likeness (QED) is 0.697. The number of aryl methyl sites for hydroxylation is 1. The molecule has 3 heteroatoms. The summed E-state index contributed by atoms with van der Waals surface area (Å²) in [6.07, 6.45) is 0. The molecule has 0 fully saturated rings. The largest absolute Gasteiger partial charge is 0.242 e. The van der Waals surface area contributed by atoms with Crippen LogP contribution in [-0.2, 0) is 5.33 Å². The molecule has 62 valence electrons. The van der Waals surface area contributed by atoms with Crippen LogP contribution in [0.25, 0.3) is 10.2 Å². The van der Waals surface area contributed by atoms with Gasteiger partial charge in [0.25, 0.3) is 0 Å². The van der Waals surface area contributed by atoms with Gasteiger partial charge in [0.1, 0.15) is 0 Å². The minimum absolute atomic E-state index is 0.917. The van der Waals surface area contributed by atoms with E-state index in [2.05, 4.69) is 39.1 Å². The number of benzene rings is 1. The molecule has 0 unspecified atom stereocenters. The van der Waals surface area contributed by atoms with E-state index in [1.54, 1.807) is 11.3 Å². The Hall–Kier alpha value is -0.410. The summed E-state index contributed by atoms with van der Waals surface area (Å²) in [5.41, 5.74) is 2.42. The zero-order valence-corrected chi connectivity index (χ0v) is 9.08. The summed E-state index contributed by atoms with van der Waals surface area (Å²) in [4.78, 5) is 4.39. The maximum atomic E-state index is 4.39. The highest BCUT2D eigenvalue weighted by atomic mass is 79.9. The smallest absolute Gasteiger partial charge is 0.0907 e. The average molecular weight is 242 g/mol. The predicted molar refractivity (Wildman–Crippen MR) is 57.0 cm³/mol. The molecule has 0 atom stereocenters. The fraction of sp³-hybridized carbons (Fsp3) is 0.222. The van der Waals surface area contributed by atoms with Gasteiger partial charge in [-0.2, -0.15) is 0 Å². The van der Waals surface area contributed by atoms with Crippen molar-refractivity contribution in [3.05, 3.63) is 28.8 Å². The Balaban J connectivity index is 2.66. The van der Waals surface area contributed by atoms with Crippen molar-refractivity contribution in [2.45, 2.75) is 12.3 Å². The van der Waals surface area contributed by atoms with E-state index in [1.807, 2.05) is 6.92 Å². The predicted octanol–water partition coefficient (Wildman–Crippen LogP) is 3.50. The van der Waals surface area contributed by atoms with Crippen LogP contribution in [0.3, 0.4) is 0 Å². The summed E-state index contributed by atoms with van der Waals surface area (Å²) in [5.74, 6) is 0. The Morgan fingerprint density at radius 1 is 1.50 bits per heavy atom. The van der Waals surface area contributed by atoms with Crippen molar-refractivity contribution in [1.82, 2.24) is 4.98 Å². The number of hydrogen-bond acceptors (Lipinski definition) is 2. The highest BCUT2D eigenvalue weighted by Crippen LogP contribution is 2.23. The van der Waals surface area contributed by atoms with Gasteiger partial charge in [0.15, 0.2) is 0 Å². The van der Waals surface area contributed by atoms with Gasteiger partial charge in [-0.15, -0.1) is 11.3 Å². The normalized spacial score (nSPS) is 10.8. The van der Waals surface area contributed by atoms with E-state index >= 15 is 0 Å². The van der Waals surface area contributed by atoms with Crippen LogP contribution in [0.5, 0.6) is 0 Å². The van der Waals surface area contributed by atoms with Crippen molar-refractivity contribution in [3.63, 3.8) is 0 Å². The first-order valence-electron chi connectivity index (χ1n) is 3.71. The van der Waals surface area contributed by atoms with Crippen LogP contribution in [0.4, 0.5) is 0 Å². The molecule has 0 N–H and O–H groups in total. The van der Waals surface area contributed by atoms with Crippen LogP contribution in [0.2, 0.25) is 0 Å². The number of thiazole rings is 1. The molecule has 0 spiro atoms. The van der Waals surface area contributed by atoms with Crippen molar-refractivity contribution in [2.24, 2.45) is 0 Å². The van der Waals surface area contributed by atoms with Gasteiger partial charge in [0.05, 0.1) is 15.2 Å². The number of alkyl halides is 1. The Labute approximate surface area is 83.6 Å². The molecule has 0 aliphatic rings. The molecule has 1 heterocycles. The highest BCUT2D eigenvalue weighted by molar-refractivity contribution is 9.08. The van der Waals surface area contributed by atoms with Crippen molar-refractivity contribution in [1.29, 1.82) is 0 Å². The van der Waals surface area contributed by atoms with E-state index in [0.29, 0.717) is 0 Å². The van der Waals surface area contributed by atoms with E-state index in [-0.39, 0.29) is 0 Å². The third-order valence-electron chi connectivity index (χ3n) is 1.71. The molecule has 2 aromatic rings. The third-order valence-corrected chi connectivity index (χ3v) is 3.30. The minimum Gasteiger partial charge on any atom is -0.242 e. The summed E-state index contributed by atoms with van der Waals surface area (Å²) in [7, 11) is 0. The zero-order chi connectivity index (χ0) is 8.55. The van der Waals surface area contributed by atoms with Gasteiger partial charge in [-0.1, -0.05) is 22.0 Å². The van der Waals surface area contributed by atoms with Gasteiger partial charge in [-0.25, -0.2) is 4.98 Å². The molecule has 0 amide bonds.